The number of likely N-dealkylation sites (N-methyl/N-ethyl adjacent to an activating group) is 1. The third kappa shape index (κ3) is 4.52. The Bertz CT molecular complexity index is 948. The van der Waals surface area contributed by atoms with Crippen molar-refractivity contribution in [1.29, 1.82) is 0 Å². The molecule has 0 saturated carbocycles. The maximum absolute atomic E-state index is 13.4. The van der Waals surface area contributed by atoms with Crippen molar-refractivity contribution in [3.8, 4) is 11.5 Å². The van der Waals surface area contributed by atoms with Gasteiger partial charge in [-0.05, 0) is 36.2 Å². The second-order valence-electron chi connectivity index (χ2n) is 5.64. The van der Waals surface area contributed by atoms with E-state index in [2.05, 4.69) is 0 Å². The molecule has 146 valence electrons. The number of ether oxygens (including phenoxy) is 2. The zero-order valence-corrected chi connectivity index (χ0v) is 15.8. The fourth-order valence-electron chi connectivity index (χ4n) is 2.42. The summed E-state index contributed by atoms with van der Waals surface area (Å²) in [5.41, 5.74) is -0.0656. The topological polar surface area (TPSA) is 99.0 Å². The van der Waals surface area contributed by atoms with Crippen molar-refractivity contribution in [3.05, 3.63) is 57.9 Å². The number of hydrogen-bond donors (Lipinski definition) is 0. The Kier molecular flexibility index (Phi) is 6.34. The highest BCUT2D eigenvalue weighted by Gasteiger charge is 2.25. The molecule has 2 rings (SSSR count). The third-order valence-electron chi connectivity index (χ3n) is 3.99. The van der Waals surface area contributed by atoms with Crippen molar-refractivity contribution >= 4 is 15.7 Å². The largest absolute Gasteiger partial charge is 0.493 e. The highest BCUT2D eigenvalue weighted by Crippen LogP contribution is 2.28. The first-order valence-electron chi connectivity index (χ1n) is 7.82. The van der Waals surface area contributed by atoms with Gasteiger partial charge in [0.25, 0.3) is 0 Å². The molecule has 27 heavy (non-hydrogen) atoms. The molecule has 0 heterocycles. The average Bonchev–Trinajstić information content (AvgIpc) is 2.65. The minimum absolute atomic E-state index is 0.114. The van der Waals surface area contributed by atoms with Crippen LogP contribution in [0.3, 0.4) is 0 Å². The first-order valence-corrected chi connectivity index (χ1v) is 9.26. The van der Waals surface area contributed by atoms with Crippen LogP contribution in [-0.4, -0.2) is 45.5 Å². The zero-order chi connectivity index (χ0) is 20.2. The van der Waals surface area contributed by atoms with E-state index in [1.807, 2.05) is 0 Å². The minimum atomic E-state index is -4.00. The van der Waals surface area contributed by atoms with Crippen molar-refractivity contribution in [2.75, 3.05) is 27.8 Å². The van der Waals surface area contributed by atoms with Crippen LogP contribution in [-0.2, 0) is 16.4 Å². The lowest BCUT2D eigenvalue weighted by Crippen LogP contribution is -2.29. The molecule has 8 nitrogen and oxygen atoms in total. The van der Waals surface area contributed by atoms with Crippen LogP contribution in [0.25, 0.3) is 0 Å². The van der Waals surface area contributed by atoms with Crippen molar-refractivity contribution in [1.82, 2.24) is 4.31 Å². The average molecular weight is 398 g/mol. The molecule has 0 aliphatic heterocycles. The Morgan fingerprint density at radius 3 is 2.37 bits per heavy atom. The van der Waals surface area contributed by atoms with Crippen molar-refractivity contribution < 1.29 is 27.2 Å². The molecule has 0 aliphatic carbocycles. The molecule has 0 fully saturated rings. The lowest BCUT2D eigenvalue weighted by Gasteiger charge is -2.17. The summed E-state index contributed by atoms with van der Waals surface area (Å²) in [6.45, 7) is 0.114. The summed E-state index contributed by atoms with van der Waals surface area (Å²) < 4.78 is 50.1. The minimum Gasteiger partial charge on any atom is -0.493 e. The van der Waals surface area contributed by atoms with Gasteiger partial charge in [0.2, 0.25) is 15.8 Å². The number of sulfonamides is 1. The van der Waals surface area contributed by atoms with E-state index in [4.69, 9.17) is 9.47 Å². The van der Waals surface area contributed by atoms with E-state index in [1.165, 1.54) is 21.3 Å². The highest BCUT2D eigenvalue weighted by molar-refractivity contribution is 7.89. The molecule has 0 spiro atoms. The standard InChI is InChI=1S/C17H19FN2O6S/c1-19(9-8-12-4-7-16(25-2)17(10-12)26-3)27(23,24)13-5-6-14(18)15(11-13)20(21)22/h4-7,10-11H,8-9H2,1-3H3. The highest BCUT2D eigenvalue weighted by atomic mass is 32.2. The van der Waals surface area contributed by atoms with Crippen molar-refractivity contribution in [2.45, 2.75) is 11.3 Å². The third-order valence-corrected chi connectivity index (χ3v) is 5.84. The van der Waals surface area contributed by atoms with Crippen molar-refractivity contribution in [3.63, 3.8) is 0 Å². The van der Waals surface area contributed by atoms with E-state index in [0.29, 0.717) is 17.9 Å². The first kappa shape index (κ1) is 20.6. The number of nitrogens with zero attached hydrogens (tertiary/aromatic N) is 2. The number of nitro benzene ring substituents is 1. The number of halogens is 1. The fraction of sp³-hybridized carbons (Fsp3) is 0.294. The van der Waals surface area contributed by atoms with Crippen LogP contribution in [0, 0.1) is 15.9 Å². The first-order chi connectivity index (χ1) is 12.7. The van der Waals surface area contributed by atoms with Gasteiger partial charge >= 0.3 is 5.69 Å². The van der Waals surface area contributed by atoms with Gasteiger partial charge in [-0.3, -0.25) is 10.1 Å². The van der Waals surface area contributed by atoms with Gasteiger partial charge in [-0.25, -0.2) is 12.7 Å². The molecule has 0 unspecified atom stereocenters. The summed E-state index contributed by atoms with van der Waals surface area (Å²) in [5, 5.41) is 10.8. The number of benzene rings is 2. The Morgan fingerprint density at radius 1 is 1.11 bits per heavy atom. The normalized spacial score (nSPS) is 11.4. The van der Waals surface area contributed by atoms with Gasteiger partial charge in [0.05, 0.1) is 24.0 Å². The molecular weight excluding hydrogens is 379 g/mol. The number of hydrogen-bond acceptors (Lipinski definition) is 6. The van der Waals surface area contributed by atoms with Crippen LogP contribution < -0.4 is 9.47 Å². The van der Waals surface area contributed by atoms with Gasteiger partial charge in [0.1, 0.15) is 0 Å². The molecule has 0 saturated heterocycles. The molecule has 10 heteroatoms. The van der Waals surface area contributed by atoms with Crippen LogP contribution in [0.5, 0.6) is 11.5 Å². The molecule has 2 aromatic carbocycles. The van der Waals surface area contributed by atoms with Gasteiger partial charge in [-0.2, -0.15) is 4.39 Å². The van der Waals surface area contributed by atoms with Gasteiger partial charge in [0.15, 0.2) is 11.5 Å². The van der Waals surface area contributed by atoms with Gasteiger partial charge < -0.3 is 9.47 Å². The Morgan fingerprint density at radius 2 is 1.78 bits per heavy atom. The monoisotopic (exact) mass is 398 g/mol. The Labute approximate surface area is 156 Å². The summed E-state index contributed by atoms with van der Waals surface area (Å²) in [5.74, 6) is -0.0116. The molecule has 0 atom stereocenters. The smallest absolute Gasteiger partial charge is 0.306 e. The van der Waals surface area contributed by atoms with Gasteiger partial charge in [-0.1, -0.05) is 6.07 Å². The number of rotatable bonds is 8. The van der Waals surface area contributed by atoms with E-state index in [9.17, 15) is 22.9 Å². The maximum Gasteiger partial charge on any atom is 0.306 e. The second kappa shape index (κ2) is 8.31. The summed E-state index contributed by atoms with van der Waals surface area (Å²) in [4.78, 5) is 9.53. The van der Waals surface area contributed by atoms with Crippen LogP contribution in [0.15, 0.2) is 41.3 Å². The summed E-state index contributed by atoms with van der Waals surface area (Å²) in [7, 11) is 0.362. The molecule has 0 aromatic heterocycles. The fourth-order valence-corrected chi connectivity index (χ4v) is 3.61. The predicted molar refractivity (Wildman–Crippen MR) is 96.1 cm³/mol. The van der Waals surface area contributed by atoms with Crippen LogP contribution in [0.4, 0.5) is 10.1 Å². The zero-order valence-electron chi connectivity index (χ0n) is 15.0. The molecule has 0 bridgehead atoms. The molecular formula is C17H19FN2O6S. The van der Waals surface area contributed by atoms with E-state index < -0.39 is 26.5 Å². The number of methoxy groups -OCH3 is 2. The second-order valence-corrected chi connectivity index (χ2v) is 7.68. The Balaban J connectivity index is 2.19. The van der Waals surface area contributed by atoms with E-state index >= 15 is 0 Å². The number of nitro groups is 1. The van der Waals surface area contributed by atoms with E-state index in [-0.39, 0.29) is 11.4 Å². The molecule has 0 N–H and O–H groups in total. The Hall–Kier alpha value is -2.72. The quantitative estimate of drug-likeness (QED) is 0.501. The summed E-state index contributed by atoms with van der Waals surface area (Å²) >= 11 is 0. The van der Waals surface area contributed by atoms with Crippen LogP contribution in [0.2, 0.25) is 0 Å². The molecule has 2 aromatic rings. The maximum atomic E-state index is 13.4. The van der Waals surface area contributed by atoms with Gasteiger partial charge in [-0.15, -0.1) is 0 Å². The molecule has 0 radical (unpaired) electrons. The van der Waals surface area contributed by atoms with E-state index in [1.54, 1.807) is 18.2 Å². The lowest BCUT2D eigenvalue weighted by molar-refractivity contribution is -0.387. The SMILES string of the molecule is COc1ccc(CCN(C)S(=O)(=O)c2ccc(F)c([N+](=O)[O-])c2)cc1OC. The van der Waals surface area contributed by atoms with Crippen molar-refractivity contribution in [2.24, 2.45) is 0 Å². The lowest BCUT2D eigenvalue weighted by atomic mass is 10.1. The molecule has 0 amide bonds. The van der Waals surface area contributed by atoms with Crippen LogP contribution >= 0.6 is 0 Å². The van der Waals surface area contributed by atoms with E-state index in [0.717, 1.165) is 28.1 Å². The summed E-state index contributed by atoms with van der Waals surface area (Å²) in [6, 6.07) is 7.73. The molecule has 0 aliphatic rings. The van der Waals surface area contributed by atoms with Crippen LogP contribution in [0.1, 0.15) is 5.56 Å². The predicted octanol–water partition coefficient (Wildman–Crippen LogP) is 2.61. The van der Waals surface area contributed by atoms with Gasteiger partial charge in [0, 0.05) is 19.7 Å². The summed E-state index contributed by atoms with van der Waals surface area (Å²) in [6.07, 6.45) is 0.374.